The van der Waals surface area contributed by atoms with E-state index in [1.165, 1.54) is 38.5 Å². The molecule has 1 aliphatic carbocycles. The predicted molar refractivity (Wildman–Crippen MR) is 80.6 cm³/mol. The number of hydrogen-bond acceptors (Lipinski definition) is 3. The van der Waals surface area contributed by atoms with Gasteiger partial charge in [-0.25, -0.2) is 4.98 Å². The Labute approximate surface area is 124 Å². The SMILES string of the molecule is CCCCCCC(C)Oc1cc(Br)nc(C2CC2)n1. The van der Waals surface area contributed by atoms with Crippen LogP contribution in [0.2, 0.25) is 0 Å². The third kappa shape index (κ3) is 5.09. The van der Waals surface area contributed by atoms with Crippen molar-refractivity contribution >= 4 is 15.9 Å². The molecule has 3 nitrogen and oxygen atoms in total. The van der Waals surface area contributed by atoms with Crippen LogP contribution in [0.3, 0.4) is 0 Å². The van der Waals surface area contributed by atoms with Crippen molar-refractivity contribution in [2.45, 2.75) is 70.8 Å². The largest absolute Gasteiger partial charge is 0.475 e. The number of ether oxygens (including phenoxy) is 1. The Bertz CT molecular complexity index is 407. The molecule has 2 rings (SSSR count). The molecular weight excluding hydrogens is 304 g/mol. The zero-order valence-corrected chi connectivity index (χ0v) is 13.4. The van der Waals surface area contributed by atoms with Crippen molar-refractivity contribution < 1.29 is 4.74 Å². The third-order valence-corrected chi connectivity index (χ3v) is 3.82. The minimum atomic E-state index is 0.228. The summed E-state index contributed by atoms with van der Waals surface area (Å²) in [6, 6.07) is 1.87. The Balaban J connectivity index is 1.83. The normalized spacial score (nSPS) is 16.4. The summed E-state index contributed by atoms with van der Waals surface area (Å²) in [4.78, 5) is 8.93. The first-order valence-corrected chi connectivity index (χ1v) is 8.19. The van der Waals surface area contributed by atoms with Crippen LogP contribution in [0.4, 0.5) is 0 Å². The Morgan fingerprint density at radius 2 is 2.11 bits per heavy atom. The average molecular weight is 327 g/mol. The average Bonchev–Trinajstić information content (AvgIpc) is 3.18. The molecule has 1 heterocycles. The van der Waals surface area contributed by atoms with Crippen LogP contribution < -0.4 is 4.74 Å². The standard InChI is InChI=1S/C15H23BrN2O/c1-3-4-5-6-7-11(2)19-14-10-13(16)17-15(18-14)12-8-9-12/h10-12H,3-9H2,1-2H3. The van der Waals surface area contributed by atoms with Gasteiger partial charge in [0.15, 0.2) is 0 Å². The number of halogens is 1. The Morgan fingerprint density at radius 3 is 2.79 bits per heavy atom. The van der Waals surface area contributed by atoms with Crippen molar-refractivity contribution in [1.82, 2.24) is 9.97 Å². The molecule has 19 heavy (non-hydrogen) atoms. The van der Waals surface area contributed by atoms with Gasteiger partial charge in [0.05, 0.1) is 6.10 Å². The Morgan fingerprint density at radius 1 is 1.32 bits per heavy atom. The van der Waals surface area contributed by atoms with Gasteiger partial charge in [0.1, 0.15) is 10.4 Å². The molecule has 0 N–H and O–H groups in total. The summed E-state index contributed by atoms with van der Waals surface area (Å²) < 4.78 is 6.74. The molecule has 0 aromatic carbocycles. The van der Waals surface area contributed by atoms with Crippen LogP contribution in [0.1, 0.15) is 70.5 Å². The number of nitrogens with zero attached hydrogens (tertiary/aromatic N) is 2. The monoisotopic (exact) mass is 326 g/mol. The fraction of sp³-hybridized carbons (Fsp3) is 0.733. The highest BCUT2D eigenvalue weighted by atomic mass is 79.9. The minimum Gasteiger partial charge on any atom is -0.475 e. The van der Waals surface area contributed by atoms with E-state index in [-0.39, 0.29) is 6.10 Å². The predicted octanol–water partition coefficient (Wildman–Crippen LogP) is 4.85. The fourth-order valence-electron chi connectivity index (χ4n) is 2.12. The molecule has 1 aliphatic rings. The molecule has 0 amide bonds. The number of aromatic nitrogens is 2. The second-order valence-corrected chi connectivity index (χ2v) is 6.25. The molecule has 1 atom stereocenters. The number of hydrogen-bond donors (Lipinski definition) is 0. The Kier molecular flexibility index (Phi) is 5.61. The summed E-state index contributed by atoms with van der Waals surface area (Å²) in [5, 5.41) is 0. The lowest BCUT2D eigenvalue weighted by Crippen LogP contribution is -2.13. The zero-order valence-electron chi connectivity index (χ0n) is 11.9. The molecule has 0 spiro atoms. The van der Waals surface area contributed by atoms with Gasteiger partial charge in [-0.15, -0.1) is 0 Å². The van der Waals surface area contributed by atoms with Crippen molar-refractivity contribution in [1.29, 1.82) is 0 Å². The maximum absolute atomic E-state index is 5.91. The lowest BCUT2D eigenvalue weighted by Gasteiger charge is -2.14. The van der Waals surface area contributed by atoms with Crippen LogP contribution >= 0.6 is 15.9 Å². The van der Waals surface area contributed by atoms with Gasteiger partial charge in [0, 0.05) is 12.0 Å². The van der Waals surface area contributed by atoms with Crippen LogP contribution in [0.15, 0.2) is 10.7 Å². The van der Waals surface area contributed by atoms with Crippen LogP contribution in [-0.2, 0) is 0 Å². The van der Waals surface area contributed by atoms with Crippen LogP contribution in [0.5, 0.6) is 5.88 Å². The molecule has 0 radical (unpaired) electrons. The molecule has 1 saturated carbocycles. The number of unbranched alkanes of at least 4 members (excludes halogenated alkanes) is 3. The summed E-state index contributed by atoms with van der Waals surface area (Å²) >= 11 is 3.44. The molecular formula is C15H23BrN2O. The van der Waals surface area contributed by atoms with Crippen LogP contribution in [0, 0.1) is 0 Å². The van der Waals surface area contributed by atoms with Gasteiger partial charge < -0.3 is 4.74 Å². The maximum Gasteiger partial charge on any atom is 0.217 e. The highest BCUT2D eigenvalue weighted by Gasteiger charge is 2.27. The van der Waals surface area contributed by atoms with Crippen molar-refractivity contribution in [3.63, 3.8) is 0 Å². The molecule has 1 aromatic rings. The van der Waals surface area contributed by atoms with Gasteiger partial charge in [-0.05, 0) is 48.5 Å². The van der Waals surface area contributed by atoms with E-state index in [4.69, 9.17) is 4.74 Å². The molecule has 106 valence electrons. The summed E-state index contributed by atoms with van der Waals surface area (Å²) in [6.07, 6.45) is 8.87. The van der Waals surface area contributed by atoms with E-state index in [0.29, 0.717) is 11.8 Å². The molecule has 1 fully saturated rings. The Hall–Kier alpha value is -0.640. The first-order chi connectivity index (χ1) is 9.19. The number of rotatable bonds is 8. The summed E-state index contributed by atoms with van der Waals surface area (Å²) in [5.41, 5.74) is 0. The van der Waals surface area contributed by atoms with Gasteiger partial charge in [-0.1, -0.05) is 26.2 Å². The highest BCUT2D eigenvalue weighted by Crippen LogP contribution is 2.39. The first-order valence-electron chi connectivity index (χ1n) is 7.40. The van der Waals surface area contributed by atoms with E-state index in [9.17, 15) is 0 Å². The van der Waals surface area contributed by atoms with E-state index < -0.39 is 0 Å². The van der Waals surface area contributed by atoms with Crippen LogP contribution in [0.25, 0.3) is 0 Å². The molecule has 1 aromatic heterocycles. The fourth-order valence-corrected chi connectivity index (χ4v) is 2.50. The highest BCUT2D eigenvalue weighted by molar-refractivity contribution is 9.10. The summed E-state index contributed by atoms with van der Waals surface area (Å²) in [7, 11) is 0. The molecule has 0 saturated heterocycles. The molecule has 0 aliphatic heterocycles. The van der Waals surface area contributed by atoms with Crippen molar-refractivity contribution in [2.24, 2.45) is 0 Å². The van der Waals surface area contributed by atoms with E-state index in [1.54, 1.807) is 0 Å². The molecule has 4 heteroatoms. The second-order valence-electron chi connectivity index (χ2n) is 5.44. The van der Waals surface area contributed by atoms with Gasteiger partial charge in [0.2, 0.25) is 5.88 Å². The minimum absolute atomic E-state index is 0.228. The smallest absolute Gasteiger partial charge is 0.217 e. The van der Waals surface area contributed by atoms with Gasteiger partial charge >= 0.3 is 0 Å². The van der Waals surface area contributed by atoms with Gasteiger partial charge in [0.25, 0.3) is 0 Å². The van der Waals surface area contributed by atoms with Crippen LogP contribution in [-0.4, -0.2) is 16.1 Å². The van der Waals surface area contributed by atoms with Crippen molar-refractivity contribution in [2.75, 3.05) is 0 Å². The lowest BCUT2D eigenvalue weighted by atomic mass is 10.1. The van der Waals surface area contributed by atoms with E-state index in [1.807, 2.05) is 6.07 Å². The lowest BCUT2D eigenvalue weighted by molar-refractivity contribution is 0.197. The zero-order chi connectivity index (χ0) is 13.7. The van der Waals surface area contributed by atoms with Gasteiger partial charge in [-0.2, -0.15) is 4.98 Å². The maximum atomic E-state index is 5.91. The second kappa shape index (κ2) is 7.22. The van der Waals surface area contributed by atoms with Gasteiger partial charge in [-0.3, -0.25) is 0 Å². The van der Waals surface area contributed by atoms with E-state index >= 15 is 0 Å². The molecule has 0 bridgehead atoms. The molecule has 1 unspecified atom stereocenters. The van der Waals surface area contributed by atoms with E-state index in [2.05, 4.69) is 39.7 Å². The summed E-state index contributed by atoms with van der Waals surface area (Å²) in [5.74, 6) is 2.20. The third-order valence-electron chi connectivity index (χ3n) is 3.42. The quantitative estimate of drug-likeness (QED) is 0.505. The first kappa shape index (κ1) is 14.8. The van der Waals surface area contributed by atoms with Crippen molar-refractivity contribution in [3.05, 3.63) is 16.5 Å². The summed E-state index contributed by atoms with van der Waals surface area (Å²) in [6.45, 7) is 4.36. The van der Waals surface area contributed by atoms with Crippen molar-refractivity contribution in [3.8, 4) is 5.88 Å². The topological polar surface area (TPSA) is 35.0 Å². The van der Waals surface area contributed by atoms with E-state index in [0.717, 1.165) is 16.8 Å².